The van der Waals surface area contributed by atoms with Gasteiger partial charge in [0.1, 0.15) is 5.56 Å². The lowest BCUT2D eigenvalue weighted by atomic mass is 10.1. The predicted molar refractivity (Wildman–Crippen MR) is 102 cm³/mol. The van der Waals surface area contributed by atoms with Crippen molar-refractivity contribution in [2.75, 3.05) is 11.1 Å². The van der Waals surface area contributed by atoms with Crippen LogP contribution in [-0.2, 0) is 6.42 Å². The molecule has 0 saturated carbocycles. The average Bonchev–Trinajstić information content (AvgIpc) is 2.61. The second-order valence-electron chi connectivity index (χ2n) is 6.05. The van der Waals surface area contributed by atoms with Gasteiger partial charge in [0, 0.05) is 28.5 Å². The Labute approximate surface area is 145 Å². The summed E-state index contributed by atoms with van der Waals surface area (Å²) in [5, 5.41) is 3.24. The first kappa shape index (κ1) is 16.8. The molecular formula is C20H21N3O2. The fourth-order valence-corrected chi connectivity index (χ4v) is 2.80. The molecule has 1 amide bonds. The zero-order chi connectivity index (χ0) is 17.8. The van der Waals surface area contributed by atoms with Gasteiger partial charge in [-0.2, -0.15) is 0 Å². The van der Waals surface area contributed by atoms with E-state index >= 15 is 0 Å². The Bertz CT molecular complexity index is 976. The lowest BCUT2D eigenvalue weighted by Gasteiger charge is -2.10. The van der Waals surface area contributed by atoms with Crippen molar-refractivity contribution in [3.63, 3.8) is 0 Å². The van der Waals surface area contributed by atoms with Crippen LogP contribution in [-0.4, -0.2) is 10.9 Å². The molecule has 0 saturated heterocycles. The summed E-state index contributed by atoms with van der Waals surface area (Å²) < 4.78 is 0. The molecule has 25 heavy (non-hydrogen) atoms. The molecule has 3 rings (SSSR count). The summed E-state index contributed by atoms with van der Waals surface area (Å²) in [6, 6.07) is 12.6. The zero-order valence-corrected chi connectivity index (χ0v) is 14.1. The second kappa shape index (κ2) is 7.21. The van der Waals surface area contributed by atoms with E-state index in [0.717, 1.165) is 24.8 Å². The van der Waals surface area contributed by atoms with Gasteiger partial charge in [-0.05, 0) is 42.7 Å². The zero-order valence-electron chi connectivity index (χ0n) is 14.1. The lowest BCUT2D eigenvalue weighted by molar-refractivity contribution is 0.102. The van der Waals surface area contributed by atoms with Crippen LogP contribution in [0.3, 0.4) is 0 Å². The van der Waals surface area contributed by atoms with Gasteiger partial charge < -0.3 is 16.0 Å². The minimum absolute atomic E-state index is 0.0762. The number of aromatic amines is 1. The molecule has 0 aliphatic heterocycles. The third kappa shape index (κ3) is 3.55. The number of hydrogen-bond donors (Lipinski definition) is 3. The number of nitrogens with one attached hydrogen (secondary N) is 2. The molecular weight excluding hydrogens is 314 g/mol. The first-order chi connectivity index (χ1) is 12.1. The molecule has 128 valence electrons. The van der Waals surface area contributed by atoms with Crippen LogP contribution in [0.5, 0.6) is 0 Å². The van der Waals surface area contributed by atoms with Crippen LogP contribution < -0.4 is 16.5 Å². The number of rotatable bonds is 5. The maximum atomic E-state index is 12.5. The van der Waals surface area contributed by atoms with Gasteiger partial charge >= 0.3 is 0 Å². The summed E-state index contributed by atoms with van der Waals surface area (Å²) in [5.41, 5.74) is 8.85. The molecule has 5 nitrogen and oxygen atoms in total. The molecule has 0 radical (unpaired) electrons. The molecule has 2 aromatic carbocycles. The van der Waals surface area contributed by atoms with E-state index in [0.29, 0.717) is 22.3 Å². The molecule has 5 heteroatoms. The Balaban J connectivity index is 1.84. The van der Waals surface area contributed by atoms with E-state index in [4.69, 9.17) is 5.73 Å². The number of aromatic nitrogens is 1. The van der Waals surface area contributed by atoms with Crippen LogP contribution in [0.25, 0.3) is 10.9 Å². The largest absolute Gasteiger partial charge is 0.398 e. The molecule has 0 fully saturated rings. The van der Waals surface area contributed by atoms with Crippen LogP contribution in [0.2, 0.25) is 0 Å². The van der Waals surface area contributed by atoms with E-state index in [1.165, 1.54) is 6.20 Å². The first-order valence-corrected chi connectivity index (χ1v) is 8.40. The number of nitrogens with two attached hydrogens (primary N) is 1. The van der Waals surface area contributed by atoms with Crippen LogP contribution in [0.4, 0.5) is 11.4 Å². The van der Waals surface area contributed by atoms with E-state index in [1.54, 1.807) is 24.3 Å². The van der Waals surface area contributed by atoms with Gasteiger partial charge in [-0.15, -0.1) is 0 Å². The molecule has 0 aliphatic carbocycles. The lowest BCUT2D eigenvalue weighted by Crippen LogP contribution is -2.22. The number of para-hydroxylation sites is 1. The van der Waals surface area contributed by atoms with Gasteiger partial charge in [-0.1, -0.05) is 31.5 Å². The van der Waals surface area contributed by atoms with Crippen LogP contribution in [0.15, 0.2) is 53.5 Å². The molecule has 0 spiro atoms. The highest BCUT2D eigenvalue weighted by atomic mass is 16.2. The SMILES string of the molecule is CCCCc1ccc(NC(=O)c2c[nH]c3ccccc3c2=O)cc1N. The molecule has 1 heterocycles. The number of fused-ring (bicyclic) bond motifs is 1. The molecule has 4 N–H and O–H groups in total. The van der Waals surface area contributed by atoms with Crippen molar-refractivity contribution in [3.05, 3.63) is 70.0 Å². The van der Waals surface area contributed by atoms with Crippen molar-refractivity contribution in [1.29, 1.82) is 0 Å². The van der Waals surface area contributed by atoms with Gasteiger partial charge in [0.25, 0.3) is 5.91 Å². The van der Waals surface area contributed by atoms with Crippen molar-refractivity contribution in [2.24, 2.45) is 0 Å². The number of H-pyrrole nitrogens is 1. The van der Waals surface area contributed by atoms with Gasteiger partial charge in [0.2, 0.25) is 5.43 Å². The normalized spacial score (nSPS) is 10.8. The average molecular weight is 335 g/mol. The third-order valence-electron chi connectivity index (χ3n) is 4.24. The summed E-state index contributed by atoms with van der Waals surface area (Å²) in [4.78, 5) is 28.0. The fourth-order valence-electron chi connectivity index (χ4n) is 2.80. The van der Waals surface area contributed by atoms with E-state index < -0.39 is 5.91 Å². The number of pyridine rings is 1. The Morgan fingerprint density at radius 3 is 2.76 bits per heavy atom. The summed E-state index contributed by atoms with van der Waals surface area (Å²) in [6.45, 7) is 2.13. The minimum atomic E-state index is -0.451. The van der Waals surface area contributed by atoms with Gasteiger partial charge in [0.05, 0.1) is 0 Å². The maximum Gasteiger partial charge on any atom is 0.261 e. The number of benzene rings is 2. The number of anilines is 2. The van der Waals surface area contributed by atoms with Crippen molar-refractivity contribution in [3.8, 4) is 0 Å². The molecule has 0 atom stereocenters. The Morgan fingerprint density at radius 1 is 1.20 bits per heavy atom. The number of hydrogen-bond acceptors (Lipinski definition) is 3. The molecule has 1 aromatic heterocycles. The van der Waals surface area contributed by atoms with Crippen LogP contribution >= 0.6 is 0 Å². The molecule has 3 aromatic rings. The summed E-state index contributed by atoms with van der Waals surface area (Å²) in [6.07, 6.45) is 4.53. The van der Waals surface area contributed by atoms with Gasteiger partial charge in [-0.3, -0.25) is 9.59 Å². The number of carbonyl (C=O) groups is 1. The fraction of sp³-hybridized carbons (Fsp3) is 0.200. The van der Waals surface area contributed by atoms with Crippen LogP contribution in [0.1, 0.15) is 35.7 Å². The van der Waals surface area contributed by atoms with Gasteiger partial charge in [-0.25, -0.2) is 0 Å². The monoisotopic (exact) mass is 335 g/mol. The molecule has 0 aliphatic rings. The smallest absolute Gasteiger partial charge is 0.261 e. The number of amides is 1. The number of unbranched alkanes of at least 4 members (excludes halogenated alkanes) is 1. The van der Waals surface area contributed by atoms with E-state index in [2.05, 4.69) is 17.2 Å². The van der Waals surface area contributed by atoms with E-state index in [1.807, 2.05) is 18.2 Å². The Morgan fingerprint density at radius 2 is 2.00 bits per heavy atom. The summed E-state index contributed by atoms with van der Waals surface area (Å²) in [7, 11) is 0. The highest BCUT2D eigenvalue weighted by Crippen LogP contribution is 2.20. The molecule has 0 unspecified atom stereocenters. The highest BCUT2D eigenvalue weighted by molar-refractivity contribution is 6.05. The predicted octanol–water partition coefficient (Wildman–Crippen LogP) is 3.71. The topological polar surface area (TPSA) is 88.0 Å². The third-order valence-corrected chi connectivity index (χ3v) is 4.24. The van der Waals surface area contributed by atoms with E-state index in [-0.39, 0.29) is 11.0 Å². The van der Waals surface area contributed by atoms with Crippen molar-refractivity contribution < 1.29 is 4.79 Å². The summed E-state index contributed by atoms with van der Waals surface area (Å²) in [5.74, 6) is -0.451. The molecule has 0 bridgehead atoms. The highest BCUT2D eigenvalue weighted by Gasteiger charge is 2.13. The van der Waals surface area contributed by atoms with Crippen molar-refractivity contribution in [1.82, 2.24) is 4.98 Å². The number of aryl methyl sites for hydroxylation is 1. The number of carbonyl (C=O) groups excluding carboxylic acids is 1. The number of nitrogen functional groups attached to an aromatic ring is 1. The van der Waals surface area contributed by atoms with Crippen LogP contribution in [0, 0.1) is 0 Å². The van der Waals surface area contributed by atoms with Gasteiger partial charge in [0.15, 0.2) is 0 Å². The Hall–Kier alpha value is -3.08. The van der Waals surface area contributed by atoms with E-state index in [9.17, 15) is 9.59 Å². The van der Waals surface area contributed by atoms with Crippen molar-refractivity contribution >= 4 is 28.2 Å². The first-order valence-electron chi connectivity index (χ1n) is 8.40. The minimum Gasteiger partial charge on any atom is -0.398 e. The van der Waals surface area contributed by atoms with Crippen molar-refractivity contribution in [2.45, 2.75) is 26.2 Å². The maximum absolute atomic E-state index is 12.5. The quantitative estimate of drug-likeness (QED) is 0.621. The summed E-state index contributed by atoms with van der Waals surface area (Å²) >= 11 is 0. The Kier molecular flexibility index (Phi) is 4.84. The second-order valence-corrected chi connectivity index (χ2v) is 6.05. The standard InChI is InChI=1S/C20H21N3O2/c1-2-3-6-13-9-10-14(11-17(13)21)23-20(25)16-12-22-18-8-5-4-7-15(18)19(16)24/h4-5,7-12H,2-3,6,21H2,1H3,(H,22,24)(H,23,25).